The quantitative estimate of drug-likeness (QED) is 0.897. The molecule has 21 heavy (non-hydrogen) atoms. The van der Waals surface area contributed by atoms with Crippen molar-refractivity contribution in [3.63, 3.8) is 0 Å². The minimum absolute atomic E-state index is 0.0249. The predicted molar refractivity (Wildman–Crippen MR) is 85.2 cm³/mol. The summed E-state index contributed by atoms with van der Waals surface area (Å²) >= 11 is 0. The van der Waals surface area contributed by atoms with Gasteiger partial charge in [-0.15, -0.1) is 0 Å². The molecule has 1 saturated heterocycles. The first-order chi connectivity index (χ1) is 10.2. The fourth-order valence-electron chi connectivity index (χ4n) is 3.77. The molecular formula is C18H26N2O. The van der Waals surface area contributed by atoms with Gasteiger partial charge in [0, 0.05) is 6.04 Å². The molecule has 1 saturated carbocycles. The van der Waals surface area contributed by atoms with Crippen LogP contribution in [-0.4, -0.2) is 24.5 Å². The maximum Gasteiger partial charge on any atom is 0.237 e. The number of hydrogen-bond acceptors (Lipinski definition) is 2. The van der Waals surface area contributed by atoms with Crippen molar-refractivity contribution in [2.45, 2.75) is 57.0 Å². The molecule has 1 aliphatic heterocycles. The van der Waals surface area contributed by atoms with Gasteiger partial charge in [0.05, 0.1) is 6.04 Å². The lowest BCUT2D eigenvalue weighted by Crippen LogP contribution is -2.48. The van der Waals surface area contributed by atoms with E-state index in [-0.39, 0.29) is 11.9 Å². The fraction of sp³-hybridized carbons (Fsp3) is 0.611. The predicted octanol–water partition coefficient (Wildman–Crippen LogP) is 2.83. The van der Waals surface area contributed by atoms with Gasteiger partial charge in [0.25, 0.3) is 0 Å². The molecule has 2 N–H and O–H groups in total. The summed E-state index contributed by atoms with van der Waals surface area (Å²) < 4.78 is 0. The summed E-state index contributed by atoms with van der Waals surface area (Å²) in [5, 5.41) is 6.58. The lowest BCUT2D eigenvalue weighted by molar-refractivity contribution is -0.124. The summed E-state index contributed by atoms with van der Waals surface area (Å²) in [5.41, 5.74) is 1.45. The third kappa shape index (κ3) is 3.46. The van der Waals surface area contributed by atoms with Crippen molar-refractivity contribution in [1.29, 1.82) is 0 Å². The highest BCUT2D eigenvalue weighted by Gasteiger charge is 2.31. The molecule has 2 atom stereocenters. The number of nitrogens with one attached hydrogen (secondary N) is 2. The lowest BCUT2D eigenvalue weighted by atomic mass is 9.81. The van der Waals surface area contributed by atoms with Gasteiger partial charge in [0.15, 0.2) is 0 Å². The molecule has 0 bridgehead atoms. The highest BCUT2D eigenvalue weighted by Crippen LogP contribution is 2.32. The third-order valence-electron chi connectivity index (χ3n) is 5.16. The molecule has 114 valence electrons. The molecule has 3 rings (SSSR count). The van der Waals surface area contributed by atoms with Crippen molar-refractivity contribution in [2.24, 2.45) is 5.92 Å². The molecule has 1 amide bonds. The zero-order valence-electron chi connectivity index (χ0n) is 12.8. The molecule has 1 aromatic rings. The Bertz CT molecular complexity index is 465. The van der Waals surface area contributed by atoms with E-state index in [1.807, 2.05) is 0 Å². The average Bonchev–Trinajstić information content (AvgIpc) is 2.95. The van der Waals surface area contributed by atoms with E-state index in [0.29, 0.717) is 17.9 Å². The number of rotatable bonds is 3. The molecule has 3 nitrogen and oxygen atoms in total. The van der Waals surface area contributed by atoms with E-state index in [1.54, 1.807) is 0 Å². The number of amides is 1. The minimum Gasteiger partial charge on any atom is -0.352 e. The Morgan fingerprint density at radius 2 is 1.81 bits per heavy atom. The van der Waals surface area contributed by atoms with Crippen LogP contribution in [0.1, 0.15) is 50.5 Å². The van der Waals surface area contributed by atoms with Crippen molar-refractivity contribution in [1.82, 2.24) is 10.6 Å². The second-order valence-corrected chi connectivity index (χ2v) is 6.67. The average molecular weight is 286 g/mol. The standard InChI is InChI=1S/C18H26N2O/c1-13-11-12-19-17(13)18(21)20-16-9-7-15(8-10-16)14-5-3-2-4-6-14/h2-6,13,15-17,19H,7-12H2,1H3,(H,20,21). The summed E-state index contributed by atoms with van der Waals surface area (Å²) in [6.07, 6.45) is 5.68. The van der Waals surface area contributed by atoms with Crippen LogP contribution in [0.5, 0.6) is 0 Å². The van der Waals surface area contributed by atoms with Gasteiger partial charge in [-0.05, 0) is 56.0 Å². The summed E-state index contributed by atoms with van der Waals surface area (Å²) in [7, 11) is 0. The van der Waals surface area contributed by atoms with Crippen LogP contribution in [0, 0.1) is 5.92 Å². The molecular weight excluding hydrogens is 260 g/mol. The number of hydrogen-bond donors (Lipinski definition) is 2. The first kappa shape index (κ1) is 14.6. The van der Waals surface area contributed by atoms with Crippen LogP contribution in [0.15, 0.2) is 30.3 Å². The summed E-state index contributed by atoms with van der Waals surface area (Å²) in [6.45, 7) is 3.14. The van der Waals surface area contributed by atoms with Crippen molar-refractivity contribution >= 4 is 5.91 Å². The molecule has 3 heteroatoms. The molecule has 0 radical (unpaired) electrons. The number of carbonyl (C=O) groups is 1. The smallest absolute Gasteiger partial charge is 0.237 e. The van der Waals surface area contributed by atoms with E-state index in [2.05, 4.69) is 47.9 Å². The Labute approximate surface area is 127 Å². The van der Waals surface area contributed by atoms with Gasteiger partial charge in [-0.2, -0.15) is 0 Å². The van der Waals surface area contributed by atoms with Crippen LogP contribution in [-0.2, 0) is 4.79 Å². The minimum atomic E-state index is 0.0249. The summed E-state index contributed by atoms with van der Waals surface area (Å²) in [6, 6.07) is 11.2. The third-order valence-corrected chi connectivity index (χ3v) is 5.16. The van der Waals surface area contributed by atoms with E-state index in [9.17, 15) is 4.79 Å². The molecule has 2 fully saturated rings. The van der Waals surface area contributed by atoms with Crippen LogP contribution < -0.4 is 10.6 Å². The van der Waals surface area contributed by atoms with Crippen LogP contribution in [0.2, 0.25) is 0 Å². The lowest BCUT2D eigenvalue weighted by Gasteiger charge is -2.30. The second-order valence-electron chi connectivity index (χ2n) is 6.67. The first-order valence-corrected chi connectivity index (χ1v) is 8.32. The van der Waals surface area contributed by atoms with Gasteiger partial charge in [0.2, 0.25) is 5.91 Å². The van der Waals surface area contributed by atoms with Crippen molar-refractivity contribution in [2.75, 3.05) is 6.54 Å². The Hall–Kier alpha value is -1.35. The van der Waals surface area contributed by atoms with E-state index in [1.165, 1.54) is 18.4 Å². The van der Waals surface area contributed by atoms with Crippen molar-refractivity contribution in [3.05, 3.63) is 35.9 Å². The maximum absolute atomic E-state index is 12.3. The van der Waals surface area contributed by atoms with Crippen molar-refractivity contribution < 1.29 is 4.79 Å². The Kier molecular flexibility index (Phi) is 4.59. The molecule has 1 aromatic carbocycles. The number of benzene rings is 1. The molecule has 1 heterocycles. The Morgan fingerprint density at radius 1 is 1.10 bits per heavy atom. The van der Waals surface area contributed by atoms with Crippen LogP contribution in [0.3, 0.4) is 0 Å². The Morgan fingerprint density at radius 3 is 2.43 bits per heavy atom. The molecule has 0 aromatic heterocycles. The SMILES string of the molecule is CC1CCNC1C(=O)NC1CCC(c2ccccc2)CC1. The number of carbonyl (C=O) groups excluding carboxylic acids is 1. The first-order valence-electron chi connectivity index (χ1n) is 8.32. The van der Waals surface area contributed by atoms with E-state index < -0.39 is 0 Å². The maximum atomic E-state index is 12.3. The summed E-state index contributed by atoms with van der Waals surface area (Å²) in [5.74, 6) is 1.34. The van der Waals surface area contributed by atoms with Crippen LogP contribution in [0.4, 0.5) is 0 Å². The van der Waals surface area contributed by atoms with Crippen molar-refractivity contribution in [3.8, 4) is 0 Å². The fourth-order valence-corrected chi connectivity index (χ4v) is 3.77. The normalized spacial score (nSPS) is 32.8. The topological polar surface area (TPSA) is 41.1 Å². The molecule has 2 aliphatic rings. The zero-order valence-corrected chi connectivity index (χ0v) is 12.8. The van der Waals surface area contributed by atoms with Gasteiger partial charge in [-0.1, -0.05) is 37.3 Å². The second kappa shape index (κ2) is 6.61. The van der Waals surface area contributed by atoms with Gasteiger partial charge in [-0.3, -0.25) is 4.79 Å². The van der Waals surface area contributed by atoms with E-state index in [0.717, 1.165) is 25.8 Å². The van der Waals surface area contributed by atoms with Crippen LogP contribution in [0.25, 0.3) is 0 Å². The van der Waals surface area contributed by atoms with E-state index >= 15 is 0 Å². The van der Waals surface area contributed by atoms with Gasteiger partial charge >= 0.3 is 0 Å². The Balaban J connectivity index is 1.49. The molecule has 2 unspecified atom stereocenters. The highest BCUT2D eigenvalue weighted by molar-refractivity contribution is 5.82. The largest absolute Gasteiger partial charge is 0.352 e. The summed E-state index contributed by atoms with van der Waals surface area (Å²) in [4.78, 5) is 12.3. The zero-order chi connectivity index (χ0) is 14.7. The highest BCUT2D eigenvalue weighted by atomic mass is 16.2. The van der Waals surface area contributed by atoms with Gasteiger partial charge in [-0.25, -0.2) is 0 Å². The van der Waals surface area contributed by atoms with Gasteiger partial charge in [0.1, 0.15) is 0 Å². The monoisotopic (exact) mass is 286 g/mol. The van der Waals surface area contributed by atoms with E-state index in [4.69, 9.17) is 0 Å². The molecule has 1 aliphatic carbocycles. The van der Waals surface area contributed by atoms with Crippen LogP contribution >= 0.6 is 0 Å². The molecule has 0 spiro atoms. The van der Waals surface area contributed by atoms with Gasteiger partial charge < -0.3 is 10.6 Å².